The first kappa shape index (κ1) is 25.7. The summed E-state index contributed by atoms with van der Waals surface area (Å²) < 4.78 is 35.1. The van der Waals surface area contributed by atoms with Gasteiger partial charge in [0.25, 0.3) is 11.8 Å². The van der Waals surface area contributed by atoms with Crippen molar-refractivity contribution in [2.24, 2.45) is 0 Å². The molecule has 2 aromatic rings. The molecule has 11 heteroatoms. The summed E-state index contributed by atoms with van der Waals surface area (Å²) in [6.07, 6.45) is 6.63. The van der Waals surface area contributed by atoms with E-state index < -0.39 is 28.0 Å². The van der Waals surface area contributed by atoms with Crippen molar-refractivity contribution in [1.29, 1.82) is 0 Å². The van der Waals surface area contributed by atoms with Gasteiger partial charge < -0.3 is 15.0 Å². The zero-order valence-corrected chi connectivity index (χ0v) is 20.9. The van der Waals surface area contributed by atoms with Crippen LogP contribution in [0.25, 0.3) is 0 Å². The Labute approximate surface area is 212 Å². The number of unbranched alkanes of at least 4 members (excludes halogenated alkanes) is 1. The van der Waals surface area contributed by atoms with Gasteiger partial charge in [-0.15, -0.1) is 0 Å². The molecule has 4 rings (SSSR count). The molecule has 0 fully saturated rings. The molecular formula is C25H27ClF2N4O4. The first-order valence-electron chi connectivity index (χ1n) is 11.7. The van der Waals surface area contributed by atoms with Gasteiger partial charge in [0, 0.05) is 24.3 Å². The Morgan fingerprint density at radius 3 is 2.64 bits per heavy atom. The van der Waals surface area contributed by atoms with Crippen LogP contribution in [0.4, 0.5) is 8.78 Å². The number of halogens is 3. The van der Waals surface area contributed by atoms with E-state index in [1.54, 1.807) is 4.90 Å². The number of pyridine rings is 1. The minimum Gasteiger partial charge on any atom is -0.487 e. The van der Waals surface area contributed by atoms with E-state index >= 15 is 0 Å². The summed E-state index contributed by atoms with van der Waals surface area (Å²) in [5.41, 5.74) is -1.00. The van der Waals surface area contributed by atoms with E-state index in [9.17, 15) is 23.2 Å². The zero-order valence-electron chi connectivity index (χ0n) is 20.2. The summed E-state index contributed by atoms with van der Waals surface area (Å²) in [5, 5.41) is 3.65. The van der Waals surface area contributed by atoms with Crippen molar-refractivity contribution in [3.8, 4) is 5.75 Å². The molecule has 1 N–H and O–H groups in total. The second kappa shape index (κ2) is 10.3. The maximum absolute atomic E-state index is 14.3. The van der Waals surface area contributed by atoms with Gasteiger partial charge in [-0.05, 0) is 26.3 Å². The number of carbonyl (C=O) groups excluding carboxylic acids is 2. The molecule has 2 aliphatic rings. The topological polar surface area (TPSA) is 83.9 Å². The lowest BCUT2D eigenvalue weighted by Gasteiger charge is -2.42. The number of fused-ring (bicyclic) bond motifs is 4. The van der Waals surface area contributed by atoms with Crippen molar-refractivity contribution < 1.29 is 23.1 Å². The molecule has 8 nitrogen and oxygen atoms in total. The molecule has 0 saturated heterocycles. The van der Waals surface area contributed by atoms with Gasteiger partial charge in [-0.25, -0.2) is 8.78 Å². The predicted octanol–water partition coefficient (Wildman–Crippen LogP) is 3.59. The molecule has 2 aliphatic heterocycles. The van der Waals surface area contributed by atoms with Crippen LogP contribution in [0.3, 0.4) is 0 Å². The zero-order chi connectivity index (χ0) is 26.1. The highest BCUT2D eigenvalue weighted by Crippen LogP contribution is 2.27. The Bertz CT molecular complexity index is 1300. The lowest BCUT2D eigenvalue weighted by molar-refractivity contribution is 0.0650. The predicted molar refractivity (Wildman–Crippen MR) is 131 cm³/mol. The van der Waals surface area contributed by atoms with Crippen LogP contribution in [-0.4, -0.2) is 46.7 Å². The van der Waals surface area contributed by atoms with Gasteiger partial charge in [0.15, 0.2) is 11.4 Å². The van der Waals surface area contributed by atoms with E-state index in [-0.39, 0.29) is 60.4 Å². The molecule has 36 heavy (non-hydrogen) atoms. The van der Waals surface area contributed by atoms with Crippen LogP contribution in [-0.2, 0) is 6.54 Å². The standard InChI is InChI=1S/C25H27ClF2N4O4/c1-4-5-10-36-23-21-25(35)30-13-32(15(3)7-6-14(30)2)31(21)12-17(22(23)33)24(34)29-11-16-8-9-18(27)19(26)20(16)28/h6-9,12,14-15H,4-5,10-11,13H2,1-3H3,(H,29,34)/t14-,15+/m0/s1. The molecule has 1 aromatic heterocycles. The van der Waals surface area contributed by atoms with Crippen molar-refractivity contribution >= 4 is 23.4 Å². The molecular weight excluding hydrogens is 494 g/mol. The molecule has 0 saturated carbocycles. The fourth-order valence-electron chi connectivity index (χ4n) is 4.15. The smallest absolute Gasteiger partial charge is 0.278 e. The van der Waals surface area contributed by atoms with E-state index in [1.807, 2.05) is 37.9 Å². The lowest BCUT2D eigenvalue weighted by atomic mass is 10.1. The molecule has 0 unspecified atom stereocenters. The van der Waals surface area contributed by atoms with Crippen LogP contribution < -0.4 is 20.5 Å². The van der Waals surface area contributed by atoms with E-state index in [4.69, 9.17) is 16.3 Å². The van der Waals surface area contributed by atoms with E-state index in [1.165, 1.54) is 10.9 Å². The van der Waals surface area contributed by atoms with E-state index in [0.29, 0.717) is 6.42 Å². The van der Waals surface area contributed by atoms with E-state index in [0.717, 1.165) is 18.6 Å². The second-order valence-corrected chi connectivity index (χ2v) is 9.21. The maximum Gasteiger partial charge on any atom is 0.278 e. The Morgan fingerprint density at radius 2 is 1.92 bits per heavy atom. The summed E-state index contributed by atoms with van der Waals surface area (Å²) in [6, 6.07) is 1.81. The third kappa shape index (κ3) is 4.57. The van der Waals surface area contributed by atoms with Crippen LogP contribution in [0, 0.1) is 11.6 Å². The minimum absolute atomic E-state index is 0.0432. The number of ether oxygens (including phenoxy) is 1. The number of amides is 2. The average molecular weight is 521 g/mol. The number of hydrogen-bond acceptors (Lipinski definition) is 5. The van der Waals surface area contributed by atoms with Crippen LogP contribution in [0.2, 0.25) is 5.02 Å². The lowest BCUT2D eigenvalue weighted by Crippen LogP contribution is -2.57. The number of nitrogens with zero attached hydrogens (tertiary/aromatic N) is 3. The van der Waals surface area contributed by atoms with Gasteiger partial charge >= 0.3 is 0 Å². The monoisotopic (exact) mass is 520 g/mol. The largest absolute Gasteiger partial charge is 0.487 e. The summed E-state index contributed by atoms with van der Waals surface area (Å²) in [7, 11) is 0. The summed E-state index contributed by atoms with van der Waals surface area (Å²) in [5.74, 6) is -3.28. The van der Waals surface area contributed by atoms with E-state index in [2.05, 4.69) is 5.32 Å². The number of rotatable bonds is 7. The first-order valence-corrected chi connectivity index (χ1v) is 12.1. The Morgan fingerprint density at radius 1 is 1.19 bits per heavy atom. The van der Waals surface area contributed by atoms with Gasteiger partial charge in [-0.3, -0.25) is 24.1 Å². The quantitative estimate of drug-likeness (QED) is 0.343. The molecule has 192 valence electrons. The van der Waals surface area contributed by atoms with Crippen molar-refractivity contribution in [3.05, 3.63) is 74.2 Å². The number of benzene rings is 1. The maximum atomic E-state index is 14.3. The van der Waals surface area contributed by atoms with Gasteiger partial charge in [-0.2, -0.15) is 0 Å². The second-order valence-electron chi connectivity index (χ2n) is 8.84. The fourth-order valence-corrected chi connectivity index (χ4v) is 4.34. The van der Waals surface area contributed by atoms with Gasteiger partial charge in [0.05, 0.1) is 12.6 Å². The van der Waals surface area contributed by atoms with Crippen molar-refractivity contribution in [1.82, 2.24) is 14.9 Å². The molecule has 1 aromatic carbocycles. The van der Waals surface area contributed by atoms with Crippen LogP contribution in [0.5, 0.6) is 5.75 Å². The number of aromatic nitrogens is 1. The highest BCUT2D eigenvalue weighted by atomic mass is 35.5. The first-order chi connectivity index (χ1) is 17.1. The van der Waals surface area contributed by atoms with Crippen LogP contribution in [0.1, 0.15) is 60.0 Å². The van der Waals surface area contributed by atoms with Gasteiger partial charge in [0.1, 0.15) is 28.9 Å². The summed E-state index contributed by atoms with van der Waals surface area (Å²) in [4.78, 5) is 41.6. The Hall–Kier alpha value is -3.40. The van der Waals surface area contributed by atoms with Crippen molar-refractivity contribution in [3.63, 3.8) is 0 Å². The minimum atomic E-state index is -0.993. The average Bonchev–Trinajstić information content (AvgIpc) is 2.98. The highest BCUT2D eigenvalue weighted by Gasteiger charge is 2.39. The normalized spacial score (nSPS) is 18.7. The van der Waals surface area contributed by atoms with Gasteiger partial charge in [0.2, 0.25) is 5.43 Å². The number of hydrogen-bond donors (Lipinski definition) is 1. The molecule has 0 spiro atoms. The third-order valence-electron chi connectivity index (χ3n) is 6.36. The van der Waals surface area contributed by atoms with Crippen LogP contribution >= 0.6 is 11.6 Å². The summed E-state index contributed by atoms with van der Waals surface area (Å²) >= 11 is 5.62. The molecule has 0 aliphatic carbocycles. The molecule has 2 bridgehead atoms. The Kier molecular flexibility index (Phi) is 7.35. The summed E-state index contributed by atoms with van der Waals surface area (Å²) in [6.45, 7) is 5.90. The SMILES string of the molecule is CCCCOc1c2n(cc(C(=O)NCc3ccc(F)c(Cl)c3F)c1=O)N1CN(C2=O)[C@@H](C)C=C[C@H]1C. The highest BCUT2D eigenvalue weighted by molar-refractivity contribution is 6.30. The number of nitrogens with one attached hydrogen (secondary N) is 1. The number of carbonyl (C=O) groups is 2. The molecule has 0 radical (unpaired) electrons. The Balaban J connectivity index is 1.75. The molecule has 3 heterocycles. The third-order valence-corrected chi connectivity index (χ3v) is 6.70. The van der Waals surface area contributed by atoms with Crippen molar-refractivity contribution in [2.45, 2.75) is 52.2 Å². The fraction of sp³-hybridized carbons (Fsp3) is 0.400. The van der Waals surface area contributed by atoms with Crippen LogP contribution in [0.15, 0.2) is 35.3 Å². The van der Waals surface area contributed by atoms with Crippen molar-refractivity contribution in [2.75, 3.05) is 18.3 Å². The van der Waals surface area contributed by atoms with Gasteiger partial charge in [-0.1, -0.05) is 43.2 Å². The molecule has 2 atom stereocenters. The molecule has 2 amide bonds.